The van der Waals surface area contributed by atoms with E-state index in [1.165, 1.54) is 13.2 Å². The number of aromatic amines is 1. The van der Waals surface area contributed by atoms with E-state index in [0.29, 0.717) is 12.8 Å². The Balaban J connectivity index is 1.77. The Kier molecular flexibility index (Phi) is 5.34. The molecule has 0 atom stereocenters. The predicted octanol–water partition coefficient (Wildman–Crippen LogP) is 6.23. The number of nitrogens with zero attached hydrogens (tertiary/aromatic N) is 2. The van der Waals surface area contributed by atoms with Crippen molar-refractivity contribution in [1.82, 2.24) is 14.8 Å². The highest BCUT2D eigenvalue weighted by molar-refractivity contribution is 5.99. The van der Waals surface area contributed by atoms with Crippen LogP contribution in [-0.4, -0.2) is 38.6 Å². The van der Waals surface area contributed by atoms with Gasteiger partial charge in [-0.25, -0.2) is 13.6 Å². The number of nitrogens with one attached hydrogen (secondary N) is 1. The van der Waals surface area contributed by atoms with Crippen LogP contribution in [0.25, 0.3) is 27.5 Å². The first-order chi connectivity index (χ1) is 16.2. The highest BCUT2D eigenvalue weighted by atomic mass is 19.1. The molecule has 8 heteroatoms. The van der Waals surface area contributed by atoms with E-state index in [1.54, 1.807) is 18.3 Å². The number of carbonyl (C=O) groups is 1. The van der Waals surface area contributed by atoms with Gasteiger partial charge in [0.05, 0.1) is 24.3 Å². The van der Waals surface area contributed by atoms with Crippen LogP contribution in [-0.2, 0) is 4.79 Å². The lowest BCUT2D eigenvalue weighted by Gasteiger charge is -2.32. The smallest absolute Gasteiger partial charge is 0.341 e. The maximum Gasteiger partial charge on any atom is 0.341 e. The normalized spacial score (nSPS) is 20.9. The van der Waals surface area contributed by atoms with Crippen molar-refractivity contribution in [2.75, 3.05) is 7.11 Å². The summed E-state index contributed by atoms with van der Waals surface area (Å²) in [5.41, 5.74) is 2.57. The Morgan fingerprint density at radius 3 is 2.65 bits per heavy atom. The quantitative estimate of drug-likeness (QED) is 0.365. The van der Waals surface area contributed by atoms with Crippen LogP contribution in [0, 0.1) is 5.82 Å². The van der Waals surface area contributed by atoms with Crippen molar-refractivity contribution < 1.29 is 23.4 Å². The van der Waals surface area contributed by atoms with Crippen LogP contribution in [0.2, 0.25) is 0 Å². The molecule has 2 N–H and O–H groups in total. The van der Waals surface area contributed by atoms with Crippen molar-refractivity contribution in [3.8, 4) is 11.4 Å². The molecule has 0 radical (unpaired) electrons. The molecule has 34 heavy (non-hydrogen) atoms. The standard InChI is InChI=1S/C26H27F2N3O3/c1-14(2)24-23(15-6-8-26(28,9-7-15)25(32)33)18-12-20-16(13-29-30-20)10-21(18)31(24)17-4-5-19(27)22(11-17)34-3/h4-5,10-15H,6-9H2,1-3H3,(H,29,30)(H,32,33)/t15-,26+. The molecule has 0 spiro atoms. The molecule has 1 aliphatic carbocycles. The zero-order chi connectivity index (χ0) is 24.2. The Hall–Kier alpha value is -3.42. The van der Waals surface area contributed by atoms with Crippen LogP contribution < -0.4 is 4.74 Å². The number of carboxylic acids is 1. The van der Waals surface area contributed by atoms with E-state index >= 15 is 0 Å². The molecule has 4 aromatic rings. The van der Waals surface area contributed by atoms with Crippen LogP contribution in [0.15, 0.2) is 36.5 Å². The van der Waals surface area contributed by atoms with E-state index < -0.39 is 17.5 Å². The van der Waals surface area contributed by atoms with E-state index in [4.69, 9.17) is 4.74 Å². The summed E-state index contributed by atoms with van der Waals surface area (Å²) >= 11 is 0. The van der Waals surface area contributed by atoms with Crippen LogP contribution in [0.1, 0.15) is 62.6 Å². The number of fused-ring (bicyclic) bond motifs is 2. The molecule has 6 nitrogen and oxygen atoms in total. The number of benzene rings is 2. The van der Waals surface area contributed by atoms with Gasteiger partial charge in [-0.1, -0.05) is 13.8 Å². The highest BCUT2D eigenvalue weighted by Gasteiger charge is 2.43. The molecular weight excluding hydrogens is 440 g/mol. The average Bonchev–Trinajstić information content (AvgIpc) is 3.40. The van der Waals surface area contributed by atoms with E-state index in [-0.39, 0.29) is 30.4 Å². The number of rotatable bonds is 5. The van der Waals surface area contributed by atoms with Gasteiger partial charge in [-0.05, 0) is 67.3 Å². The van der Waals surface area contributed by atoms with Gasteiger partial charge in [0, 0.05) is 28.2 Å². The van der Waals surface area contributed by atoms with Crippen LogP contribution >= 0.6 is 0 Å². The molecule has 0 aliphatic heterocycles. The van der Waals surface area contributed by atoms with E-state index in [1.807, 2.05) is 0 Å². The molecule has 0 unspecified atom stereocenters. The second kappa shape index (κ2) is 8.11. The minimum atomic E-state index is -2.17. The number of H-pyrrole nitrogens is 1. The van der Waals surface area contributed by atoms with Gasteiger partial charge in [-0.2, -0.15) is 5.10 Å². The summed E-state index contributed by atoms with van der Waals surface area (Å²) in [7, 11) is 1.44. The maximum atomic E-state index is 14.8. The average molecular weight is 468 g/mol. The molecule has 2 aromatic carbocycles. The molecule has 0 amide bonds. The van der Waals surface area contributed by atoms with Crippen molar-refractivity contribution in [3.63, 3.8) is 0 Å². The van der Waals surface area contributed by atoms with Gasteiger partial charge in [0.15, 0.2) is 11.6 Å². The lowest BCUT2D eigenvalue weighted by molar-refractivity contribution is -0.153. The number of hydrogen-bond donors (Lipinski definition) is 2. The SMILES string of the molecule is COc1cc(-n2c(C(C)C)c([C@H]3CC[C@](F)(C(=O)O)CC3)c3cc4[nH]ncc4cc32)ccc1F. The second-order valence-electron chi connectivity index (χ2n) is 9.48. The number of methoxy groups -OCH3 is 1. The Morgan fingerprint density at radius 2 is 2.00 bits per heavy atom. The molecule has 0 bridgehead atoms. The van der Waals surface area contributed by atoms with E-state index in [2.05, 4.69) is 40.7 Å². The van der Waals surface area contributed by atoms with Gasteiger partial charge in [0.2, 0.25) is 5.67 Å². The molecular formula is C26H27F2N3O3. The molecule has 0 saturated heterocycles. The number of ether oxygens (including phenoxy) is 1. The van der Waals surface area contributed by atoms with Crippen LogP contribution in [0.3, 0.4) is 0 Å². The lowest BCUT2D eigenvalue weighted by Crippen LogP contribution is -2.37. The predicted molar refractivity (Wildman–Crippen MR) is 126 cm³/mol. The fraction of sp³-hybridized carbons (Fsp3) is 0.385. The summed E-state index contributed by atoms with van der Waals surface area (Å²) in [6, 6.07) is 8.92. The van der Waals surface area contributed by atoms with Gasteiger partial charge in [-0.3, -0.25) is 5.10 Å². The van der Waals surface area contributed by atoms with Crippen LogP contribution in [0.5, 0.6) is 5.75 Å². The second-order valence-corrected chi connectivity index (χ2v) is 9.48. The van der Waals surface area contributed by atoms with E-state index in [0.717, 1.165) is 38.8 Å². The number of hydrogen-bond acceptors (Lipinski definition) is 3. The highest BCUT2D eigenvalue weighted by Crippen LogP contribution is 2.47. The van der Waals surface area contributed by atoms with Crippen molar-refractivity contribution in [2.45, 2.75) is 57.0 Å². The minimum Gasteiger partial charge on any atom is -0.494 e. The number of halogens is 2. The summed E-state index contributed by atoms with van der Waals surface area (Å²) in [6.45, 7) is 4.20. The molecule has 1 saturated carbocycles. The third kappa shape index (κ3) is 3.43. The minimum absolute atomic E-state index is 0.00657. The summed E-state index contributed by atoms with van der Waals surface area (Å²) in [4.78, 5) is 11.5. The van der Waals surface area contributed by atoms with Crippen molar-refractivity contribution in [1.29, 1.82) is 0 Å². The Morgan fingerprint density at radius 1 is 1.26 bits per heavy atom. The summed E-state index contributed by atoms with van der Waals surface area (Å²) in [5, 5.41) is 18.5. The lowest BCUT2D eigenvalue weighted by atomic mass is 9.75. The third-order valence-electron chi connectivity index (χ3n) is 7.11. The number of alkyl halides is 1. The Labute approximate surface area is 195 Å². The molecule has 5 rings (SSSR count). The fourth-order valence-corrected chi connectivity index (χ4v) is 5.41. The van der Waals surface area contributed by atoms with Crippen LogP contribution in [0.4, 0.5) is 8.78 Å². The summed E-state index contributed by atoms with van der Waals surface area (Å²) < 4.78 is 36.4. The van der Waals surface area contributed by atoms with Gasteiger partial charge >= 0.3 is 5.97 Å². The van der Waals surface area contributed by atoms with Gasteiger partial charge in [-0.15, -0.1) is 0 Å². The first-order valence-electron chi connectivity index (χ1n) is 11.5. The Bertz CT molecular complexity index is 1400. The monoisotopic (exact) mass is 467 g/mol. The molecule has 1 aliphatic rings. The van der Waals surface area contributed by atoms with E-state index in [9.17, 15) is 18.7 Å². The molecule has 2 aromatic heterocycles. The first kappa shape index (κ1) is 22.4. The van der Waals surface area contributed by atoms with Crippen molar-refractivity contribution in [2.24, 2.45) is 0 Å². The van der Waals surface area contributed by atoms with Gasteiger partial charge in [0.1, 0.15) is 0 Å². The topological polar surface area (TPSA) is 80.1 Å². The first-order valence-corrected chi connectivity index (χ1v) is 11.5. The number of aromatic nitrogens is 3. The molecule has 2 heterocycles. The van der Waals surface area contributed by atoms with Gasteiger partial charge < -0.3 is 14.4 Å². The zero-order valence-corrected chi connectivity index (χ0v) is 19.4. The summed E-state index contributed by atoms with van der Waals surface area (Å²) in [5.74, 6) is -1.55. The summed E-state index contributed by atoms with van der Waals surface area (Å²) in [6.07, 6.45) is 2.60. The molecule has 178 valence electrons. The van der Waals surface area contributed by atoms with Crippen molar-refractivity contribution in [3.05, 3.63) is 53.6 Å². The maximum absolute atomic E-state index is 14.8. The fourth-order valence-electron chi connectivity index (χ4n) is 5.41. The van der Waals surface area contributed by atoms with Crippen molar-refractivity contribution >= 4 is 27.8 Å². The number of aliphatic carboxylic acids is 1. The van der Waals surface area contributed by atoms with Gasteiger partial charge in [0.25, 0.3) is 0 Å². The largest absolute Gasteiger partial charge is 0.494 e. The number of carboxylic acid groups (broad SMARTS) is 1. The zero-order valence-electron chi connectivity index (χ0n) is 19.4. The third-order valence-corrected chi connectivity index (χ3v) is 7.11. The molecule has 1 fully saturated rings.